The average Bonchev–Trinajstić information content (AvgIpc) is 2.19. The van der Waals surface area contributed by atoms with Crippen molar-refractivity contribution >= 4 is 21.7 Å². The molecule has 4 heteroatoms. The molecule has 0 aromatic carbocycles. The largest absolute Gasteiger partial charge is 0.356 e. The predicted molar refractivity (Wildman–Crippen MR) is 65.0 cm³/mol. The van der Waals surface area contributed by atoms with Crippen molar-refractivity contribution < 1.29 is 0 Å². The lowest BCUT2D eigenvalue weighted by Gasteiger charge is -2.37. The maximum absolute atomic E-state index is 4.32. The summed E-state index contributed by atoms with van der Waals surface area (Å²) in [6, 6.07) is 0. The van der Waals surface area contributed by atoms with Gasteiger partial charge in [-0.25, -0.2) is 9.97 Å². The van der Waals surface area contributed by atoms with Crippen molar-refractivity contribution in [1.29, 1.82) is 0 Å². The second-order valence-corrected chi connectivity index (χ2v) is 5.70. The number of nitrogens with zero attached hydrogens (tertiary/aromatic N) is 3. The lowest BCUT2D eigenvalue weighted by atomic mass is 9.83. The maximum Gasteiger partial charge on any atom is 0.146 e. The van der Waals surface area contributed by atoms with Gasteiger partial charge in [0.25, 0.3) is 0 Å². The Hall–Kier alpha value is -0.640. The van der Waals surface area contributed by atoms with Gasteiger partial charge in [0.2, 0.25) is 0 Å². The van der Waals surface area contributed by atoms with Gasteiger partial charge in [-0.1, -0.05) is 13.8 Å². The number of halogens is 1. The van der Waals surface area contributed by atoms with Crippen LogP contribution >= 0.6 is 15.9 Å². The Morgan fingerprint density at radius 3 is 2.60 bits per heavy atom. The molecule has 1 fully saturated rings. The van der Waals surface area contributed by atoms with E-state index in [-0.39, 0.29) is 0 Å². The Labute approximate surface area is 99.0 Å². The van der Waals surface area contributed by atoms with Gasteiger partial charge in [-0.05, 0) is 34.2 Å². The third-order valence-corrected chi connectivity index (χ3v) is 3.62. The van der Waals surface area contributed by atoms with Crippen LogP contribution in [0.4, 0.5) is 5.82 Å². The van der Waals surface area contributed by atoms with Gasteiger partial charge in [-0.15, -0.1) is 0 Å². The van der Waals surface area contributed by atoms with Gasteiger partial charge < -0.3 is 4.90 Å². The molecule has 0 spiro atoms. The average molecular weight is 270 g/mol. The summed E-state index contributed by atoms with van der Waals surface area (Å²) in [5, 5.41) is 0. The molecule has 0 unspecified atom stereocenters. The number of hydrogen-bond acceptors (Lipinski definition) is 3. The summed E-state index contributed by atoms with van der Waals surface area (Å²) in [5.41, 5.74) is 0.482. The van der Waals surface area contributed by atoms with Gasteiger partial charge in [0.05, 0.1) is 4.47 Å². The number of piperidine rings is 1. The Morgan fingerprint density at radius 2 is 2.00 bits per heavy atom. The van der Waals surface area contributed by atoms with Crippen LogP contribution in [-0.4, -0.2) is 23.1 Å². The SMILES string of the molecule is CC1(C)CCN(c2ncncc2Br)CC1. The minimum atomic E-state index is 0.482. The summed E-state index contributed by atoms with van der Waals surface area (Å²) in [4.78, 5) is 10.6. The minimum absolute atomic E-state index is 0.482. The molecule has 1 aromatic heterocycles. The normalized spacial score (nSPS) is 20.3. The van der Waals surface area contributed by atoms with E-state index in [9.17, 15) is 0 Å². The van der Waals surface area contributed by atoms with Crippen LogP contribution in [0.15, 0.2) is 17.0 Å². The van der Waals surface area contributed by atoms with Crippen LogP contribution in [-0.2, 0) is 0 Å². The molecule has 2 heterocycles. The van der Waals surface area contributed by atoms with Crippen LogP contribution in [0.25, 0.3) is 0 Å². The molecule has 1 aliphatic heterocycles. The Bertz CT molecular complexity index is 341. The van der Waals surface area contributed by atoms with Gasteiger partial charge in [0.1, 0.15) is 12.1 Å². The topological polar surface area (TPSA) is 29.0 Å². The molecule has 1 aromatic rings. The van der Waals surface area contributed by atoms with Gasteiger partial charge >= 0.3 is 0 Å². The lowest BCUT2D eigenvalue weighted by molar-refractivity contribution is 0.279. The molecule has 2 rings (SSSR count). The first-order chi connectivity index (χ1) is 7.08. The molecule has 0 N–H and O–H groups in total. The van der Waals surface area contributed by atoms with E-state index in [1.54, 1.807) is 6.33 Å². The molecule has 3 nitrogen and oxygen atoms in total. The van der Waals surface area contributed by atoms with Crippen LogP contribution < -0.4 is 4.90 Å². The first-order valence-electron chi connectivity index (χ1n) is 5.29. The van der Waals surface area contributed by atoms with E-state index in [1.165, 1.54) is 12.8 Å². The Morgan fingerprint density at radius 1 is 1.33 bits per heavy atom. The highest BCUT2D eigenvalue weighted by Crippen LogP contribution is 2.33. The van der Waals surface area contributed by atoms with Crippen molar-refractivity contribution in [3.8, 4) is 0 Å². The van der Waals surface area contributed by atoms with Crippen LogP contribution in [0.3, 0.4) is 0 Å². The fourth-order valence-corrected chi connectivity index (χ4v) is 2.33. The second-order valence-electron chi connectivity index (χ2n) is 4.85. The van der Waals surface area contributed by atoms with Gasteiger partial charge in [0.15, 0.2) is 0 Å². The molecular formula is C11H16BrN3. The van der Waals surface area contributed by atoms with Gasteiger partial charge in [-0.2, -0.15) is 0 Å². The van der Waals surface area contributed by atoms with E-state index in [0.717, 1.165) is 23.4 Å². The highest BCUT2D eigenvalue weighted by molar-refractivity contribution is 9.10. The molecule has 15 heavy (non-hydrogen) atoms. The molecule has 0 saturated carbocycles. The molecular weight excluding hydrogens is 254 g/mol. The fraction of sp³-hybridized carbons (Fsp3) is 0.636. The molecule has 0 aliphatic carbocycles. The molecule has 0 bridgehead atoms. The van der Waals surface area contributed by atoms with Crippen molar-refractivity contribution in [3.63, 3.8) is 0 Å². The van der Waals surface area contributed by atoms with Gasteiger partial charge in [0, 0.05) is 19.3 Å². The number of hydrogen-bond donors (Lipinski definition) is 0. The monoisotopic (exact) mass is 269 g/mol. The zero-order valence-electron chi connectivity index (χ0n) is 9.20. The van der Waals surface area contributed by atoms with Crippen LogP contribution in [0.2, 0.25) is 0 Å². The van der Waals surface area contributed by atoms with E-state index in [0.29, 0.717) is 5.41 Å². The quantitative estimate of drug-likeness (QED) is 0.785. The second kappa shape index (κ2) is 4.08. The summed E-state index contributed by atoms with van der Waals surface area (Å²) in [6.07, 6.45) is 5.87. The van der Waals surface area contributed by atoms with Crippen molar-refractivity contribution in [2.24, 2.45) is 5.41 Å². The van der Waals surface area contributed by atoms with Crippen LogP contribution in [0.5, 0.6) is 0 Å². The third kappa shape index (κ3) is 2.48. The fourth-order valence-electron chi connectivity index (χ4n) is 1.86. The van der Waals surface area contributed by atoms with Crippen LogP contribution in [0, 0.1) is 5.41 Å². The zero-order chi connectivity index (χ0) is 10.9. The van der Waals surface area contributed by atoms with Crippen molar-refractivity contribution in [1.82, 2.24) is 9.97 Å². The molecule has 0 radical (unpaired) electrons. The Balaban J connectivity index is 2.11. The smallest absolute Gasteiger partial charge is 0.146 e. The molecule has 1 saturated heterocycles. The number of rotatable bonds is 1. The predicted octanol–water partition coefficient (Wildman–Crippen LogP) is 2.87. The van der Waals surface area contributed by atoms with E-state index in [4.69, 9.17) is 0 Å². The summed E-state index contributed by atoms with van der Waals surface area (Å²) in [6.45, 7) is 6.84. The molecule has 1 aliphatic rings. The van der Waals surface area contributed by atoms with Gasteiger partial charge in [-0.3, -0.25) is 0 Å². The highest BCUT2D eigenvalue weighted by Gasteiger charge is 2.26. The summed E-state index contributed by atoms with van der Waals surface area (Å²) in [5.74, 6) is 1.03. The van der Waals surface area contributed by atoms with E-state index >= 15 is 0 Å². The summed E-state index contributed by atoms with van der Waals surface area (Å²) >= 11 is 3.49. The molecule has 0 amide bonds. The molecule has 0 atom stereocenters. The molecule has 82 valence electrons. The number of anilines is 1. The first-order valence-corrected chi connectivity index (χ1v) is 6.08. The van der Waals surface area contributed by atoms with E-state index < -0.39 is 0 Å². The van der Waals surface area contributed by atoms with Crippen LogP contribution in [0.1, 0.15) is 26.7 Å². The van der Waals surface area contributed by atoms with Crippen molar-refractivity contribution in [3.05, 3.63) is 17.0 Å². The highest BCUT2D eigenvalue weighted by atomic mass is 79.9. The standard InChI is InChI=1S/C11H16BrN3/c1-11(2)3-5-15(6-4-11)10-9(12)7-13-8-14-10/h7-8H,3-6H2,1-2H3. The number of aromatic nitrogens is 2. The van der Waals surface area contributed by atoms with Crippen molar-refractivity contribution in [2.45, 2.75) is 26.7 Å². The lowest BCUT2D eigenvalue weighted by Crippen LogP contribution is -2.37. The van der Waals surface area contributed by atoms with Crippen molar-refractivity contribution in [2.75, 3.05) is 18.0 Å². The zero-order valence-corrected chi connectivity index (χ0v) is 10.8. The summed E-state index contributed by atoms with van der Waals surface area (Å²) < 4.78 is 0.990. The maximum atomic E-state index is 4.32. The third-order valence-electron chi connectivity index (χ3n) is 3.06. The van der Waals surface area contributed by atoms with E-state index in [1.807, 2.05) is 6.20 Å². The Kier molecular flexibility index (Phi) is 2.96. The summed E-state index contributed by atoms with van der Waals surface area (Å²) in [7, 11) is 0. The first kappa shape index (κ1) is 10.9. The minimum Gasteiger partial charge on any atom is -0.356 e. The van der Waals surface area contributed by atoms with E-state index in [2.05, 4.69) is 44.6 Å².